The number of hydrogen-bond acceptors (Lipinski definition) is 2. The molecule has 1 N–H and O–H groups in total. The first-order chi connectivity index (χ1) is 7.27. The second-order valence-corrected chi connectivity index (χ2v) is 4.88. The number of ether oxygens (including phenoxy) is 1. The van der Waals surface area contributed by atoms with Crippen LogP contribution in [-0.2, 0) is 9.53 Å². The Morgan fingerprint density at radius 1 is 1.20 bits per heavy atom. The van der Waals surface area contributed by atoms with Crippen LogP contribution in [-0.4, -0.2) is 24.7 Å². The summed E-state index contributed by atoms with van der Waals surface area (Å²) in [6.45, 7) is 2.98. The van der Waals surface area contributed by atoms with Gasteiger partial charge < -0.3 is 10.1 Å². The van der Waals surface area contributed by atoms with E-state index in [2.05, 4.69) is 12.2 Å². The summed E-state index contributed by atoms with van der Waals surface area (Å²) in [7, 11) is 0. The van der Waals surface area contributed by atoms with Gasteiger partial charge in [-0.3, -0.25) is 4.79 Å². The van der Waals surface area contributed by atoms with E-state index in [1.807, 2.05) is 0 Å². The van der Waals surface area contributed by atoms with Gasteiger partial charge in [-0.05, 0) is 31.6 Å². The molecule has 0 aromatic heterocycles. The van der Waals surface area contributed by atoms with Gasteiger partial charge in [0.1, 0.15) is 6.10 Å². The number of hydrogen-bond donors (Lipinski definition) is 1. The molecule has 2 fully saturated rings. The van der Waals surface area contributed by atoms with Crippen LogP contribution in [0.25, 0.3) is 0 Å². The Kier molecular flexibility index (Phi) is 3.62. The molecule has 1 saturated heterocycles. The van der Waals surface area contributed by atoms with Crippen LogP contribution in [0.3, 0.4) is 0 Å². The minimum Gasteiger partial charge on any atom is -0.368 e. The van der Waals surface area contributed by atoms with E-state index in [0.29, 0.717) is 12.0 Å². The Balaban J connectivity index is 1.81. The predicted octanol–water partition coefficient (Wildman–Crippen LogP) is 1.86. The lowest BCUT2D eigenvalue weighted by Crippen LogP contribution is -2.45. The lowest BCUT2D eigenvalue weighted by Gasteiger charge is -2.30. The molecule has 3 heteroatoms. The van der Waals surface area contributed by atoms with Crippen molar-refractivity contribution in [1.82, 2.24) is 5.32 Å². The van der Waals surface area contributed by atoms with Crippen molar-refractivity contribution in [3.05, 3.63) is 0 Å². The molecule has 3 atom stereocenters. The molecule has 2 aliphatic rings. The van der Waals surface area contributed by atoms with Crippen LogP contribution >= 0.6 is 0 Å². The molecule has 2 rings (SSSR count). The Labute approximate surface area is 91.6 Å². The van der Waals surface area contributed by atoms with E-state index < -0.39 is 0 Å². The molecule has 0 spiro atoms. The zero-order valence-electron chi connectivity index (χ0n) is 9.50. The van der Waals surface area contributed by atoms with Crippen molar-refractivity contribution in [2.45, 2.75) is 57.6 Å². The van der Waals surface area contributed by atoms with E-state index >= 15 is 0 Å². The number of rotatable bonds is 2. The molecule has 1 saturated carbocycles. The molecule has 0 radical (unpaired) electrons. The number of amides is 1. The monoisotopic (exact) mass is 211 g/mol. The number of carbonyl (C=O) groups excluding carboxylic acids is 1. The third kappa shape index (κ3) is 2.71. The average Bonchev–Trinajstić information content (AvgIpc) is 2.74. The Morgan fingerprint density at radius 3 is 2.67 bits per heavy atom. The van der Waals surface area contributed by atoms with Gasteiger partial charge in [-0.2, -0.15) is 0 Å². The zero-order chi connectivity index (χ0) is 10.7. The van der Waals surface area contributed by atoms with Crippen molar-refractivity contribution >= 4 is 5.91 Å². The maximum atomic E-state index is 11.8. The Morgan fingerprint density at radius 2 is 2.00 bits per heavy atom. The van der Waals surface area contributed by atoms with Crippen molar-refractivity contribution in [2.24, 2.45) is 5.92 Å². The average molecular weight is 211 g/mol. The molecule has 1 heterocycles. The fourth-order valence-corrected chi connectivity index (χ4v) is 2.59. The van der Waals surface area contributed by atoms with Crippen molar-refractivity contribution in [1.29, 1.82) is 0 Å². The molecule has 0 aromatic rings. The van der Waals surface area contributed by atoms with Crippen molar-refractivity contribution in [3.63, 3.8) is 0 Å². The smallest absolute Gasteiger partial charge is 0.249 e. The van der Waals surface area contributed by atoms with Crippen molar-refractivity contribution < 1.29 is 9.53 Å². The molecule has 0 unspecified atom stereocenters. The SMILES string of the molecule is C[C@@H]1CCCC[C@@H]1NC(=O)[C@@H]1CCCO1. The first-order valence-electron chi connectivity index (χ1n) is 6.19. The summed E-state index contributed by atoms with van der Waals surface area (Å²) in [6.07, 6.45) is 6.70. The zero-order valence-corrected chi connectivity index (χ0v) is 9.50. The van der Waals surface area contributed by atoms with Crippen molar-refractivity contribution in [2.75, 3.05) is 6.61 Å². The first-order valence-corrected chi connectivity index (χ1v) is 6.19. The van der Waals surface area contributed by atoms with Crippen LogP contribution in [0.2, 0.25) is 0 Å². The Bertz CT molecular complexity index is 224. The van der Waals surface area contributed by atoms with E-state index in [-0.39, 0.29) is 12.0 Å². The molecular formula is C12H21NO2. The summed E-state index contributed by atoms with van der Waals surface area (Å²) in [4.78, 5) is 11.8. The maximum Gasteiger partial charge on any atom is 0.249 e. The summed E-state index contributed by atoms with van der Waals surface area (Å²) in [5.41, 5.74) is 0. The number of carbonyl (C=O) groups is 1. The topological polar surface area (TPSA) is 38.3 Å². The quantitative estimate of drug-likeness (QED) is 0.757. The van der Waals surface area contributed by atoms with Gasteiger partial charge in [0.25, 0.3) is 0 Å². The van der Waals surface area contributed by atoms with E-state index in [9.17, 15) is 4.79 Å². The fraction of sp³-hybridized carbons (Fsp3) is 0.917. The van der Waals surface area contributed by atoms with Gasteiger partial charge >= 0.3 is 0 Å². The fourth-order valence-electron chi connectivity index (χ4n) is 2.59. The predicted molar refractivity (Wildman–Crippen MR) is 58.5 cm³/mol. The third-order valence-corrected chi connectivity index (χ3v) is 3.66. The van der Waals surface area contributed by atoms with Gasteiger partial charge in [0.05, 0.1) is 0 Å². The summed E-state index contributed by atoms with van der Waals surface area (Å²) >= 11 is 0. The summed E-state index contributed by atoms with van der Waals surface area (Å²) in [5.74, 6) is 0.746. The molecule has 1 aliphatic heterocycles. The van der Waals surface area contributed by atoms with Gasteiger partial charge in [0, 0.05) is 12.6 Å². The lowest BCUT2D eigenvalue weighted by atomic mass is 9.86. The van der Waals surface area contributed by atoms with Crippen LogP contribution < -0.4 is 5.32 Å². The van der Waals surface area contributed by atoms with Gasteiger partial charge in [-0.25, -0.2) is 0 Å². The van der Waals surface area contributed by atoms with Crippen LogP contribution in [0, 0.1) is 5.92 Å². The van der Waals surface area contributed by atoms with Gasteiger partial charge in [0.15, 0.2) is 0 Å². The van der Waals surface area contributed by atoms with Crippen LogP contribution in [0.15, 0.2) is 0 Å². The molecule has 1 amide bonds. The summed E-state index contributed by atoms with van der Waals surface area (Å²) < 4.78 is 5.38. The summed E-state index contributed by atoms with van der Waals surface area (Å²) in [5, 5.41) is 3.15. The van der Waals surface area contributed by atoms with Crippen LogP contribution in [0.5, 0.6) is 0 Å². The molecule has 15 heavy (non-hydrogen) atoms. The van der Waals surface area contributed by atoms with Gasteiger partial charge in [0.2, 0.25) is 5.91 Å². The van der Waals surface area contributed by atoms with E-state index in [1.165, 1.54) is 19.3 Å². The Hall–Kier alpha value is -0.570. The van der Waals surface area contributed by atoms with Crippen molar-refractivity contribution in [3.8, 4) is 0 Å². The molecule has 0 aromatic carbocycles. The first kappa shape index (κ1) is 10.9. The van der Waals surface area contributed by atoms with Gasteiger partial charge in [-0.1, -0.05) is 19.8 Å². The highest BCUT2D eigenvalue weighted by Gasteiger charge is 2.28. The largest absolute Gasteiger partial charge is 0.368 e. The molecule has 1 aliphatic carbocycles. The minimum absolute atomic E-state index is 0.117. The summed E-state index contributed by atoms with van der Waals surface area (Å²) in [6, 6.07) is 0.385. The van der Waals surface area contributed by atoms with Crippen LogP contribution in [0.4, 0.5) is 0 Å². The lowest BCUT2D eigenvalue weighted by molar-refractivity contribution is -0.131. The molecule has 3 nitrogen and oxygen atoms in total. The highest BCUT2D eigenvalue weighted by atomic mass is 16.5. The van der Waals surface area contributed by atoms with Crippen LogP contribution in [0.1, 0.15) is 45.4 Å². The number of nitrogens with one attached hydrogen (secondary N) is 1. The van der Waals surface area contributed by atoms with E-state index in [0.717, 1.165) is 25.9 Å². The van der Waals surface area contributed by atoms with Gasteiger partial charge in [-0.15, -0.1) is 0 Å². The molecular weight excluding hydrogens is 190 g/mol. The highest BCUT2D eigenvalue weighted by Crippen LogP contribution is 2.24. The molecule has 86 valence electrons. The highest BCUT2D eigenvalue weighted by molar-refractivity contribution is 5.81. The normalized spacial score (nSPS) is 36.5. The third-order valence-electron chi connectivity index (χ3n) is 3.66. The second-order valence-electron chi connectivity index (χ2n) is 4.88. The minimum atomic E-state index is -0.167. The maximum absolute atomic E-state index is 11.8. The van der Waals surface area contributed by atoms with E-state index in [1.54, 1.807) is 0 Å². The second kappa shape index (κ2) is 4.97. The standard InChI is InChI=1S/C12H21NO2/c1-9-5-2-3-6-10(9)13-12(14)11-7-4-8-15-11/h9-11H,2-8H2,1H3,(H,13,14)/t9-,10+,11+/m1/s1. The molecule has 0 bridgehead atoms. The van der Waals surface area contributed by atoms with E-state index in [4.69, 9.17) is 4.74 Å².